The van der Waals surface area contributed by atoms with Gasteiger partial charge in [0.1, 0.15) is 0 Å². The first-order valence-electron chi connectivity index (χ1n) is 6.95. The van der Waals surface area contributed by atoms with Gasteiger partial charge in [-0.3, -0.25) is 0 Å². The summed E-state index contributed by atoms with van der Waals surface area (Å²) >= 11 is 0. The van der Waals surface area contributed by atoms with Crippen molar-refractivity contribution in [1.29, 1.82) is 0 Å². The lowest BCUT2D eigenvalue weighted by atomic mass is 10.2. The van der Waals surface area contributed by atoms with Gasteiger partial charge in [-0.15, -0.1) is 0 Å². The number of benzene rings is 2. The molecule has 6 N–H and O–H groups in total. The van der Waals surface area contributed by atoms with Crippen LogP contribution in [0.4, 0.5) is 32.0 Å². The molecule has 0 aliphatic rings. The highest BCUT2D eigenvalue weighted by atomic mass is 19.4. The lowest BCUT2D eigenvalue weighted by Gasteiger charge is -2.12. The van der Waals surface area contributed by atoms with E-state index in [0.29, 0.717) is 0 Å². The number of aliphatic imine (C=N–C) groups is 2. The molecule has 2 aromatic carbocycles. The molecule has 0 spiro atoms. The minimum atomic E-state index is -4.96. The molecule has 0 aliphatic heterocycles. The van der Waals surface area contributed by atoms with Crippen LogP contribution in [0.1, 0.15) is 5.56 Å². The molecular weight excluding hydrogens is 380 g/mol. The molecule has 2 rings (SSSR count). The van der Waals surface area contributed by atoms with E-state index in [0.717, 1.165) is 18.2 Å². The Hall–Kier alpha value is -3.44. The van der Waals surface area contributed by atoms with E-state index in [1.807, 2.05) is 0 Å². The number of halogens is 6. The maximum absolute atomic E-state index is 14.0. The van der Waals surface area contributed by atoms with Gasteiger partial charge in [0, 0.05) is 6.07 Å². The van der Waals surface area contributed by atoms with Crippen molar-refractivity contribution in [2.24, 2.45) is 27.2 Å². The molecule has 0 heterocycles. The van der Waals surface area contributed by atoms with E-state index in [1.165, 1.54) is 0 Å². The van der Waals surface area contributed by atoms with Gasteiger partial charge in [0.15, 0.2) is 34.9 Å². The van der Waals surface area contributed by atoms with Gasteiger partial charge in [0.2, 0.25) is 5.96 Å². The summed E-state index contributed by atoms with van der Waals surface area (Å²) in [5.41, 5.74) is 13.9. The summed E-state index contributed by atoms with van der Waals surface area (Å²) in [5.74, 6) is -7.05. The fourth-order valence-electron chi connectivity index (χ4n) is 1.86. The summed E-state index contributed by atoms with van der Waals surface area (Å²) in [7, 11) is 0. The Bertz CT molecular complexity index is 898. The first-order valence-corrected chi connectivity index (χ1v) is 6.95. The number of alkyl halides is 3. The van der Waals surface area contributed by atoms with E-state index in [-0.39, 0.29) is 29.7 Å². The van der Waals surface area contributed by atoms with Crippen LogP contribution in [0.5, 0.6) is 11.5 Å². The first kappa shape index (κ1) is 19.9. The Morgan fingerprint density at radius 1 is 0.889 bits per heavy atom. The maximum Gasteiger partial charge on any atom is 0.416 e. The predicted octanol–water partition coefficient (Wildman–Crippen LogP) is 3.13. The number of hydrogen-bond donors (Lipinski definition) is 3. The van der Waals surface area contributed by atoms with E-state index >= 15 is 0 Å². The molecule has 0 bridgehead atoms. The summed E-state index contributed by atoms with van der Waals surface area (Å²) in [6, 6.07) is 2.93. The number of ether oxygens (including phenoxy) is 1. The summed E-state index contributed by atoms with van der Waals surface area (Å²) in [6.07, 6.45) is -4.96. The normalized spacial score (nSPS) is 12.0. The van der Waals surface area contributed by atoms with Crippen LogP contribution in [0, 0.1) is 17.5 Å². The Kier molecular flexibility index (Phi) is 5.47. The second-order valence-corrected chi connectivity index (χ2v) is 4.99. The smallest absolute Gasteiger partial charge is 0.416 e. The molecule has 0 fully saturated rings. The quantitative estimate of drug-likeness (QED) is 0.424. The van der Waals surface area contributed by atoms with E-state index in [2.05, 4.69) is 9.98 Å². The third-order valence-corrected chi connectivity index (χ3v) is 2.94. The summed E-state index contributed by atoms with van der Waals surface area (Å²) < 4.78 is 83.8. The van der Waals surface area contributed by atoms with Crippen LogP contribution < -0.4 is 21.9 Å². The zero-order valence-electron chi connectivity index (χ0n) is 13.2. The van der Waals surface area contributed by atoms with Crippen LogP contribution in [-0.2, 0) is 6.18 Å². The van der Waals surface area contributed by atoms with E-state index < -0.39 is 40.7 Å². The van der Waals surface area contributed by atoms with Crippen LogP contribution >= 0.6 is 0 Å². The minimum absolute atomic E-state index is 0.0326. The number of guanidine groups is 2. The van der Waals surface area contributed by atoms with Crippen molar-refractivity contribution in [3.05, 3.63) is 53.3 Å². The molecule has 144 valence electrons. The number of hydrogen-bond acceptors (Lipinski definition) is 2. The van der Waals surface area contributed by atoms with Gasteiger partial charge in [-0.25, -0.2) is 18.2 Å². The molecule has 0 aromatic heterocycles. The van der Waals surface area contributed by atoms with Crippen molar-refractivity contribution in [2.45, 2.75) is 6.18 Å². The highest BCUT2D eigenvalue weighted by Crippen LogP contribution is 2.36. The summed E-state index contributed by atoms with van der Waals surface area (Å²) in [4.78, 5) is 7.06. The molecule has 12 heteroatoms. The lowest BCUT2D eigenvalue weighted by Crippen LogP contribution is -2.26. The first-order chi connectivity index (χ1) is 12.5. The Labute approximate surface area is 148 Å². The molecule has 0 radical (unpaired) electrons. The zero-order valence-corrected chi connectivity index (χ0v) is 13.2. The van der Waals surface area contributed by atoms with Crippen LogP contribution in [0.3, 0.4) is 0 Å². The van der Waals surface area contributed by atoms with Crippen molar-refractivity contribution in [1.82, 2.24) is 0 Å². The van der Waals surface area contributed by atoms with Gasteiger partial charge in [-0.2, -0.15) is 18.2 Å². The molecule has 0 amide bonds. The third-order valence-electron chi connectivity index (χ3n) is 2.94. The molecule has 0 unspecified atom stereocenters. The Balaban J connectivity index is 2.33. The van der Waals surface area contributed by atoms with Crippen LogP contribution in [0.15, 0.2) is 40.3 Å². The average molecular weight is 391 g/mol. The van der Waals surface area contributed by atoms with Crippen molar-refractivity contribution in [3.63, 3.8) is 0 Å². The average Bonchev–Trinajstić information content (AvgIpc) is 2.50. The van der Waals surface area contributed by atoms with Crippen LogP contribution in [-0.4, -0.2) is 11.9 Å². The molecule has 0 aliphatic carbocycles. The molecule has 0 saturated heterocycles. The van der Waals surface area contributed by atoms with Crippen molar-refractivity contribution in [2.75, 3.05) is 0 Å². The van der Waals surface area contributed by atoms with Gasteiger partial charge in [-0.1, -0.05) is 0 Å². The lowest BCUT2D eigenvalue weighted by molar-refractivity contribution is -0.138. The van der Waals surface area contributed by atoms with Crippen molar-refractivity contribution >= 4 is 17.6 Å². The molecule has 2 aromatic rings. The SMILES string of the molecule is NC(N)=NC(N)=Nc1ccc(Oc2c(F)cc(C(F)(F)F)cc2F)c(F)c1. The molecular formula is C15H11F6N5O. The predicted molar refractivity (Wildman–Crippen MR) is 84.9 cm³/mol. The third kappa shape index (κ3) is 5.03. The number of nitrogens with two attached hydrogens (primary N) is 3. The summed E-state index contributed by atoms with van der Waals surface area (Å²) in [5, 5.41) is 0. The maximum atomic E-state index is 14.0. The Morgan fingerprint density at radius 3 is 1.96 bits per heavy atom. The minimum Gasteiger partial charge on any atom is -0.448 e. The van der Waals surface area contributed by atoms with E-state index in [9.17, 15) is 26.3 Å². The molecule has 6 nitrogen and oxygen atoms in total. The van der Waals surface area contributed by atoms with Crippen molar-refractivity contribution < 1.29 is 31.1 Å². The fourth-order valence-corrected chi connectivity index (χ4v) is 1.86. The van der Waals surface area contributed by atoms with E-state index in [4.69, 9.17) is 21.9 Å². The monoisotopic (exact) mass is 391 g/mol. The van der Waals surface area contributed by atoms with Crippen molar-refractivity contribution in [3.8, 4) is 11.5 Å². The second kappa shape index (κ2) is 7.43. The van der Waals surface area contributed by atoms with Gasteiger partial charge >= 0.3 is 6.18 Å². The van der Waals surface area contributed by atoms with E-state index in [1.54, 1.807) is 0 Å². The Morgan fingerprint density at radius 2 is 1.48 bits per heavy atom. The standard InChI is InChI=1S/C15H11F6N5O/c16-8-5-7(25-14(24)26-13(22)23)1-2-11(8)27-12-9(17)3-6(4-10(12)18)15(19,20)21/h1-5H,(H6,22,23,24,25,26). The molecule has 0 atom stereocenters. The highest BCUT2D eigenvalue weighted by molar-refractivity contribution is 5.93. The van der Waals surface area contributed by atoms with Gasteiger partial charge in [-0.05, 0) is 24.3 Å². The topological polar surface area (TPSA) is 112 Å². The fraction of sp³-hybridized carbons (Fsp3) is 0.0667. The van der Waals surface area contributed by atoms with Gasteiger partial charge in [0.25, 0.3) is 0 Å². The second-order valence-electron chi connectivity index (χ2n) is 4.99. The number of nitrogens with zero attached hydrogens (tertiary/aromatic N) is 2. The largest absolute Gasteiger partial charge is 0.448 e. The van der Waals surface area contributed by atoms with Crippen LogP contribution in [0.2, 0.25) is 0 Å². The zero-order chi connectivity index (χ0) is 20.4. The van der Waals surface area contributed by atoms with Gasteiger partial charge < -0.3 is 21.9 Å². The van der Waals surface area contributed by atoms with Gasteiger partial charge in [0.05, 0.1) is 11.3 Å². The van der Waals surface area contributed by atoms with Crippen LogP contribution in [0.25, 0.3) is 0 Å². The highest BCUT2D eigenvalue weighted by Gasteiger charge is 2.33. The summed E-state index contributed by atoms with van der Waals surface area (Å²) in [6.45, 7) is 0. The number of rotatable bonds is 3. The molecule has 27 heavy (non-hydrogen) atoms. The molecule has 0 saturated carbocycles.